The van der Waals surface area contributed by atoms with Crippen molar-refractivity contribution < 1.29 is 13.6 Å². The van der Waals surface area contributed by atoms with Crippen LogP contribution in [0.15, 0.2) is 30.9 Å². The Labute approximate surface area is 205 Å². The molecule has 4 N–H and O–H groups in total. The summed E-state index contributed by atoms with van der Waals surface area (Å²) >= 11 is 0. The molecule has 1 aliphatic heterocycles. The van der Waals surface area contributed by atoms with Gasteiger partial charge in [0.2, 0.25) is 0 Å². The maximum Gasteiger partial charge on any atom is 0.274 e. The van der Waals surface area contributed by atoms with Gasteiger partial charge >= 0.3 is 0 Å². The van der Waals surface area contributed by atoms with E-state index in [9.17, 15) is 13.6 Å². The van der Waals surface area contributed by atoms with Crippen molar-refractivity contribution in [3.05, 3.63) is 59.4 Å². The molecule has 0 saturated carbocycles. The number of piperidine rings is 1. The Kier molecular flexibility index (Phi) is 8.20. The second-order valence-electron chi connectivity index (χ2n) is 8.14. The van der Waals surface area contributed by atoms with E-state index in [1.54, 1.807) is 6.07 Å². The number of nitrogens with one attached hydrogen (secondary N) is 4. The van der Waals surface area contributed by atoms with Crippen LogP contribution in [-0.2, 0) is 6.54 Å². The molecule has 0 bridgehead atoms. The largest absolute Gasteiger partial charge is 0.383 e. The molecule has 4 heterocycles. The van der Waals surface area contributed by atoms with Crippen LogP contribution in [0.4, 0.5) is 26.1 Å². The number of nitrogens with zero attached hydrogens (tertiary/aromatic N) is 6. The minimum absolute atomic E-state index is 0.0297. The third kappa shape index (κ3) is 6.42. The van der Waals surface area contributed by atoms with Gasteiger partial charge in [0.25, 0.3) is 5.91 Å². The zero-order chi connectivity index (χ0) is 25.3. The second-order valence-corrected chi connectivity index (χ2v) is 8.14. The molecule has 13 heteroatoms. The summed E-state index contributed by atoms with van der Waals surface area (Å²) in [5, 5.41) is 29.0. The molecular formula is C23H24F2N10O. The van der Waals surface area contributed by atoms with E-state index in [2.05, 4.69) is 46.4 Å². The van der Waals surface area contributed by atoms with E-state index in [1.807, 2.05) is 6.07 Å². The Morgan fingerprint density at radius 3 is 2.64 bits per heavy atom. The Hall–Kier alpha value is -4.31. The highest BCUT2D eigenvalue weighted by atomic mass is 19.1. The smallest absolute Gasteiger partial charge is 0.274 e. The molecule has 1 amide bonds. The number of aromatic nitrogens is 5. The highest BCUT2D eigenvalue weighted by Gasteiger charge is 2.19. The average Bonchev–Trinajstić information content (AvgIpc) is 2.89. The minimum Gasteiger partial charge on any atom is -0.383 e. The Bertz CT molecular complexity index is 1220. The van der Waals surface area contributed by atoms with Crippen molar-refractivity contribution in [1.82, 2.24) is 35.8 Å². The molecule has 1 saturated heterocycles. The molecule has 3 aromatic rings. The van der Waals surface area contributed by atoms with E-state index in [4.69, 9.17) is 5.26 Å². The number of carbonyl (C=O) groups is 1. The lowest BCUT2D eigenvalue weighted by Crippen LogP contribution is -2.35. The number of rotatable bonds is 9. The highest BCUT2D eigenvalue weighted by molar-refractivity contribution is 5.97. The van der Waals surface area contributed by atoms with Gasteiger partial charge in [0.15, 0.2) is 17.2 Å². The highest BCUT2D eigenvalue weighted by Crippen LogP contribution is 2.20. The van der Waals surface area contributed by atoms with Gasteiger partial charge in [-0.2, -0.15) is 5.26 Å². The van der Waals surface area contributed by atoms with Gasteiger partial charge in [-0.25, -0.2) is 18.7 Å². The van der Waals surface area contributed by atoms with Crippen molar-refractivity contribution in [3.8, 4) is 6.07 Å². The molecule has 0 spiro atoms. The van der Waals surface area contributed by atoms with Crippen LogP contribution in [0.2, 0.25) is 0 Å². The normalized spacial score (nSPS) is 15.1. The third-order valence-corrected chi connectivity index (χ3v) is 5.63. The van der Waals surface area contributed by atoms with Gasteiger partial charge < -0.3 is 21.3 Å². The Morgan fingerprint density at radius 2 is 1.94 bits per heavy atom. The summed E-state index contributed by atoms with van der Waals surface area (Å²) in [7, 11) is 0. The van der Waals surface area contributed by atoms with Gasteiger partial charge in [0.05, 0.1) is 30.5 Å². The van der Waals surface area contributed by atoms with E-state index in [-0.39, 0.29) is 29.3 Å². The summed E-state index contributed by atoms with van der Waals surface area (Å²) in [6.07, 6.45) is 8.69. The first-order chi connectivity index (χ1) is 17.5. The van der Waals surface area contributed by atoms with Crippen LogP contribution in [-0.4, -0.2) is 50.2 Å². The molecule has 0 aromatic carbocycles. The van der Waals surface area contributed by atoms with Crippen LogP contribution in [0, 0.1) is 23.0 Å². The summed E-state index contributed by atoms with van der Waals surface area (Å²) in [6.45, 7) is 1.16. The van der Waals surface area contributed by atoms with Gasteiger partial charge in [-0.3, -0.25) is 9.78 Å². The number of hydrogen-bond acceptors (Lipinski definition) is 10. The topological polar surface area (TPSA) is 153 Å². The van der Waals surface area contributed by atoms with Crippen LogP contribution in [0.25, 0.3) is 0 Å². The zero-order valence-corrected chi connectivity index (χ0v) is 19.3. The van der Waals surface area contributed by atoms with Gasteiger partial charge in [-0.05, 0) is 25.8 Å². The van der Waals surface area contributed by atoms with Gasteiger partial charge in [-0.1, -0.05) is 6.42 Å². The fraction of sp³-hybridized carbons (Fsp3) is 0.348. The molecule has 4 rings (SSSR count). The third-order valence-electron chi connectivity index (χ3n) is 5.63. The lowest BCUT2D eigenvalue weighted by atomic mass is 10.0. The zero-order valence-electron chi connectivity index (χ0n) is 19.3. The molecule has 1 fully saturated rings. The van der Waals surface area contributed by atoms with E-state index in [0.29, 0.717) is 24.1 Å². The maximum absolute atomic E-state index is 13.9. The molecule has 1 aliphatic rings. The van der Waals surface area contributed by atoms with Crippen LogP contribution >= 0.6 is 0 Å². The standard InChI is InChI=1S/C23H24F2N10O/c24-17-11-27-12-18(25)16(17)10-32-23(36)22-19(29-6-4-14-3-1-2-5-28-14)7-20(34-35-22)33-21-13-30-15(8-26)9-31-21/h7,9,11-14,28H,1-6,10H2,(H,32,36)(H2,29,31,33,34). The van der Waals surface area contributed by atoms with E-state index in [0.717, 1.165) is 38.2 Å². The second kappa shape index (κ2) is 11.9. The number of pyridine rings is 1. The van der Waals surface area contributed by atoms with Crippen LogP contribution < -0.4 is 21.3 Å². The quantitative estimate of drug-likeness (QED) is 0.349. The van der Waals surface area contributed by atoms with E-state index >= 15 is 0 Å². The summed E-state index contributed by atoms with van der Waals surface area (Å²) in [5.41, 5.74) is 0.220. The predicted molar refractivity (Wildman–Crippen MR) is 126 cm³/mol. The summed E-state index contributed by atoms with van der Waals surface area (Å²) in [6, 6.07) is 3.85. The first kappa shape index (κ1) is 24.8. The van der Waals surface area contributed by atoms with Gasteiger partial charge in [-0.15, -0.1) is 10.2 Å². The van der Waals surface area contributed by atoms with E-state index < -0.39 is 17.5 Å². The Morgan fingerprint density at radius 1 is 1.11 bits per heavy atom. The van der Waals surface area contributed by atoms with Gasteiger partial charge in [0, 0.05) is 30.8 Å². The first-order valence-corrected chi connectivity index (χ1v) is 11.4. The number of nitriles is 1. The molecule has 3 aromatic heterocycles. The van der Waals surface area contributed by atoms with Crippen molar-refractivity contribution in [2.45, 2.75) is 38.3 Å². The molecule has 11 nitrogen and oxygen atoms in total. The number of halogens is 2. The predicted octanol–water partition coefficient (Wildman–Crippen LogP) is 2.43. The summed E-state index contributed by atoms with van der Waals surface area (Å²) < 4.78 is 27.8. The SMILES string of the molecule is N#Cc1cnc(Nc2cc(NCCC3CCCCN3)c(C(=O)NCc3c(F)cncc3F)nn2)cn1. The molecular weight excluding hydrogens is 470 g/mol. The minimum atomic E-state index is -0.859. The first-order valence-electron chi connectivity index (χ1n) is 11.4. The molecule has 36 heavy (non-hydrogen) atoms. The van der Waals surface area contributed by atoms with Crippen molar-refractivity contribution in [2.75, 3.05) is 23.7 Å². The fourth-order valence-electron chi connectivity index (χ4n) is 3.75. The summed E-state index contributed by atoms with van der Waals surface area (Å²) in [5.74, 6) is -1.75. The van der Waals surface area contributed by atoms with Crippen LogP contribution in [0.3, 0.4) is 0 Å². The van der Waals surface area contributed by atoms with Crippen molar-refractivity contribution in [3.63, 3.8) is 0 Å². The molecule has 1 unspecified atom stereocenters. The van der Waals surface area contributed by atoms with Crippen molar-refractivity contribution in [1.29, 1.82) is 5.26 Å². The number of anilines is 3. The van der Waals surface area contributed by atoms with Crippen LogP contribution in [0.5, 0.6) is 0 Å². The Balaban J connectivity index is 1.49. The van der Waals surface area contributed by atoms with E-state index in [1.165, 1.54) is 18.8 Å². The summed E-state index contributed by atoms with van der Waals surface area (Å²) in [4.78, 5) is 24.3. The molecule has 0 aliphatic carbocycles. The van der Waals surface area contributed by atoms with Crippen molar-refractivity contribution >= 4 is 23.2 Å². The number of amides is 1. The number of hydrogen-bond donors (Lipinski definition) is 4. The van der Waals surface area contributed by atoms with Crippen LogP contribution in [0.1, 0.15) is 47.4 Å². The lowest BCUT2D eigenvalue weighted by molar-refractivity contribution is 0.0945. The molecule has 0 radical (unpaired) electrons. The maximum atomic E-state index is 13.9. The average molecular weight is 495 g/mol. The van der Waals surface area contributed by atoms with Gasteiger partial charge in [0.1, 0.15) is 23.5 Å². The monoisotopic (exact) mass is 494 g/mol. The number of carbonyl (C=O) groups excluding carboxylic acids is 1. The van der Waals surface area contributed by atoms with Crippen molar-refractivity contribution in [2.24, 2.45) is 0 Å². The molecule has 186 valence electrons. The lowest BCUT2D eigenvalue weighted by Gasteiger charge is -2.23. The fourth-order valence-corrected chi connectivity index (χ4v) is 3.75. The molecule has 1 atom stereocenters.